The van der Waals surface area contributed by atoms with Crippen LogP contribution < -0.4 is 10.5 Å². The third-order valence-corrected chi connectivity index (χ3v) is 3.35. The van der Waals surface area contributed by atoms with Gasteiger partial charge in [-0.2, -0.15) is 9.61 Å². The van der Waals surface area contributed by atoms with E-state index in [2.05, 4.69) is 27.2 Å². The van der Waals surface area contributed by atoms with Crippen molar-refractivity contribution in [2.75, 3.05) is 5.32 Å². The van der Waals surface area contributed by atoms with Gasteiger partial charge < -0.3 is 5.32 Å². The maximum atomic E-state index is 11.4. The van der Waals surface area contributed by atoms with E-state index in [1.54, 1.807) is 4.52 Å². The van der Waals surface area contributed by atoms with Crippen molar-refractivity contribution >= 4 is 23.8 Å². The standard InChI is InChI=1S/C15H15N5O/c1-4-13(21)16-12-7-5-11(6-8-12)15-18-17-14-9(2)10(3)19-20(14)15/h5-8H,2,4H2,1,3H3,(H,16,21). The van der Waals surface area contributed by atoms with Gasteiger partial charge in [0.25, 0.3) is 0 Å². The van der Waals surface area contributed by atoms with Crippen molar-refractivity contribution in [2.45, 2.75) is 20.3 Å². The Morgan fingerprint density at radius 3 is 2.67 bits per heavy atom. The number of benzene rings is 1. The number of carbonyl (C=O) groups excluding carboxylic acids is 1. The lowest BCUT2D eigenvalue weighted by Crippen LogP contribution is -2.09. The second-order valence-corrected chi connectivity index (χ2v) is 4.80. The Balaban J connectivity index is 1.97. The fourth-order valence-electron chi connectivity index (χ4n) is 2.07. The van der Waals surface area contributed by atoms with Crippen molar-refractivity contribution in [3.63, 3.8) is 0 Å². The number of anilines is 1. The first-order valence-electron chi connectivity index (χ1n) is 6.71. The van der Waals surface area contributed by atoms with E-state index in [4.69, 9.17) is 0 Å². The van der Waals surface area contributed by atoms with Gasteiger partial charge in [-0.25, -0.2) is 0 Å². The van der Waals surface area contributed by atoms with Crippen LogP contribution in [0.5, 0.6) is 0 Å². The molecule has 3 aromatic rings. The van der Waals surface area contributed by atoms with Crippen LogP contribution in [-0.2, 0) is 4.79 Å². The van der Waals surface area contributed by atoms with Crippen molar-refractivity contribution < 1.29 is 4.79 Å². The van der Waals surface area contributed by atoms with Gasteiger partial charge >= 0.3 is 0 Å². The van der Waals surface area contributed by atoms with Crippen molar-refractivity contribution in [1.82, 2.24) is 19.8 Å². The molecule has 0 atom stereocenters. The Hall–Kier alpha value is -2.76. The maximum absolute atomic E-state index is 11.4. The zero-order chi connectivity index (χ0) is 15.0. The molecule has 0 fully saturated rings. The summed E-state index contributed by atoms with van der Waals surface area (Å²) in [5, 5.41) is 16.3. The summed E-state index contributed by atoms with van der Waals surface area (Å²) >= 11 is 0. The molecule has 1 amide bonds. The first-order valence-corrected chi connectivity index (χ1v) is 6.71. The van der Waals surface area contributed by atoms with Gasteiger partial charge in [-0.1, -0.05) is 13.5 Å². The highest BCUT2D eigenvalue weighted by Gasteiger charge is 2.12. The van der Waals surface area contributed by atoms with Crippen LogP contribution in [0.2, 0.25) is 0 Å². The Bertz CT molecular complexity index is 850. The summed E-state index contributed by atoms with van der Waals surface area (Å²) in [6.45, 7) is 7.65. The zero-order valence-corrected chi connectivity index (χ0v) is 11.9. The molecule has 2 heterocycles. The van der Waals surface area contributed by atoms with E-state index >= 15 is 0 Å². The molecule has 0 saturated carbocycles. The Kier molecular flexibility index (Phi) is 3.13. The Morgan fingerprint density at radius 2 is 2.00 bits per heavy atom. The molecule has 1 aromatic carbocycles. The van der Waals surface area contributed by atoms with Crippen LogP contribution in [0.15, 0.2) is 24.3 Å². The minimum absolute atomic E-state index is 0.0114. The minimum atomic E-state index is -0.0114. The second kappa shape index (κ2) is 4.97. The van der Waals surface area contributed by atoms with Crippen molar-refractivity contribution in [1.29, 1.82) is 0 Å². The zero-order valence-electron chi connectivity index (χ0n) is 11.9. The summed E-state index contributed by atoms with van der Waals surface area (Å²) in [5.74, 6) is 0.652. The summed E-state index contributed by atoms with van der Waals surface area (Å²) in [4.78, 5) is 11.4. The van der Waals surface area contributed by atoms with Gasteiger partial charge in [-0.05, 0) is 31.2 Å². The molecule has 6 heteroatoms. The molecular weight excluding hydrogens is 266 g/mol. The van der Waals surface area contributed by atoms with E-state index < -0.39 is 0 Å². The number of amides is 1. The first kappa shape index (κ1) is 13.2. The largest absolute Gasteiger partial charge is 0.326 e. The van der Waals surface area contributed by atoms with Crippen LogP contribution in [0.1, 0.15) is 19.0 Å². The predicted octanol–water partition coefficient (Wildman–Crippen LogP) is 1.58. The molecule has 0 bridgehead atoms. The summed E-state index contributed by atoms with van der Waals surface area (Å²) < 4.78 is 1.69. The molecule has 0 radical (unpaired) electrons. The van der Waals surface area contributed by atoms with E-state index in [9.17, 15) is 4.79 Å². The molecule has 0 aliphatic rings. The molecule has 6 nitrogen and oxygen atoms in total. The van der Waals surface area contributed by atoms with Gasteiger partial charge in [-0.3, -0.25) is 4.79 Å². The molecule has 2 aromatic heterocycles. The number of aromatic nitrogens is 4. The monoisotopic (exact) mass is 281 g/mol. The van der Waals surface area contributed by atoms with E-state index in [0.29, 0.717) is 17.9 Å². The predicted molar refractivity (Wildman–Crippen MR) is 80.6 cm³/mol. The van der Waals surface area contributed by atoms with Crippen molar-refractivity contribution in [2.24, 2.45) is 0 Å². The lowest BCUT2D eigenvalue weighted by molar-refractivity contribution is -0.115. The van der Waals surface area contributed by atoms with Crippen LogP contribution in [0.25, 0.3) is 23.6 Å². The SMILES string of the molecule is C=c1c(C)nn2c(-c3ccc(NC(=O)CC)cc3)nnc12. The van der Waals surface area contributed by atoms with Gasteiger partial charge in [0.15, 0.2) is 11.5 Å². The molecule has 0 saturated heterocycles. The maximum Gasteiger partial charge on any atom is 0.224 e. The number of hydrogen-bond donors (Lipinski definition) is 1. The van der Waals surface area contributed by atoms with Gasteiger partial charge in [0.05, 0.1) is 5.69 Å². The van der Waals surface area contributed by atoms with Gasteiger partial charge in [-0.15, -0.1) is 10.2 Å². The van der Waals surface area contributed by atoms with Gasteiger partial charge in [0.2, 0.25) is 5.91 Å². The quantitative estimate of drug-likeness (QED) is 0.791. The molecule has 0 spiro atoms. The molecule has 1 N–H and O–H groups in total. The van der Waals surface area contributed by atoms with E-state index in [1.807, 2.05) is 38.1 Å². The van der Waals surface area contributed by atoms with Crippen LogP contribution in [0, 0.1) is 6.92 Å². The fourth-order valence-corrected chi connectivity index (χ4v) is 2.07. The van der Waals surface area contributed by atoms with E-state index in [0.717, 1.165) is 22.2 Å². The number of carbonyl (C=O) groups is 1. The van der Waals surface area contributed by atoms with Crippen molar-refractivity contribution in [3.05, 3.63) is 35.2 Å². The third kappa shape index (κ3) is 2.24. The third-order valence-electron chi connectivity index (χ3n) is 3.35. The van der Waals surface area contributed by atoms with Crippen LogP contribution >= 0.6 is 0 Å². The first-order chi connectivity index (χ1) is 10.1. The second-order valence-electron chi connectivity index (χ2n) is 4.80. The van der Waals surface area contributed by atoms with Crippen LogP contribution in [0.4, 0.5) is 5.69 Å². The average molecular weight is 281 g/mol. The van der Waals surface area contributed by atoms with Crippen molar-refractivity contribution in [3.8, 4) is 11.4 Å². The van der Waals surface area contributed by atoms with Crippen LogP contribution in [-0.4, -0.2) is 25.7 Å². The molecule has 0 aliphatic carbocycles. The van der Waals surface area contributed by atoms with E-state index in [1.165, 1.54) is 0 Å². The molecular formula is C15H15N5O. The van der Waals surface area contributed by atoms with Crippen LogP contribution in [0.3, 0.4) is 0 Å². The molecule has 21 heavy (non-hydrogen) atoms. The number of nitrogens with one attached hydrogen (secondary N) is 1. The highest BCUT2D eigenvalue weighted by Crippen LogP contribution is 2.19. The smallest absolute Gasteiger partial charge is 0.224 e. The lowest BCUT2D eigenvalue weighted by Gasteiger charge is -2.04. The highest BCUT2D eigenvalue weighted by atomic mass is 16.1. The normalized spacial score (nSPS) is 11.0. The number of fused-ring (bicyclic) bond motifs is 1. The highest BCUT2D eigenvalue weighted by molar-refractivity contribution is 5.90. The topological polar surface area (TPSA) is 72.2 Å². The molecule has 0 unspecified atom stereocenters. The molecule has 0 aliphatic heterocycles. The van der Waals surface area contributed by atoms with E-state index in [-0.39, 0.29) is 5.91 Å². The molecule has 106 valence electrons. The number of aryl methyl sites for hydroxylation is 1. The summed E-state index contributed by atoms with van der Waals surface area (Å²) in [5.41, 5.74) is 3.16. The number of rotatable bonds is 3. The fraction of sp³-hybridized carbons (Fsp3) is 0.200. The van der Waals surface area contributed by atoms with Gasteiger partial charge in [0.1, 0.15) is 0 Å². The number of hydrogen-bond acceptors (Lipinski definition) is 4. The van der Waals surface area contributed by atoms with Gasteiger partial charge in [0, 0.05) is 22.9 Å². The number of nitrogens with zero attached hydrogens (tertiary/aromatic N) is 4. The Morgan fingerprint density at radius 1 is 1.29 bits per heavy atom. The lowest BCUT2D eigenvalue weighted by atomic mass is 10.2. The summed E-state index contributed by atoms with van der Waals surface area (Å²) in [7, 11) is 0. The summed E-state index contributed by atoms with van der Waals surface area (Å²) in [6, 6.07) is 7.44. The Labute approximate surface area is 121 Å². The average Bonchev–Trinajstić information content (AvgIpc) is 3.01. The minimum Gasteiger partial charge on any atom is -0.326 e. The summed E-state index contributed by atoms with van der Waals surface area (Å²) in [6.07, 6.45) is 0.454. The molecule has 3 rings (SSSR count).